The molecule has 0 spiro atoms. The average molecular weight is 253 g/mol. The predicted octanol–water partition coefficient (Wildman–Crippen LogP) is 3.71. The molecule has 0 heterocycles. The first-order chi connectivity index (χ1) is 6.65. The standard InChI is InChI=1S/C9H8Cl3NO/c10-2-1-3-14-9-5-7(12)6(11)4-8(9)13/h1-2,4-5H,3,13H2/b2-1+. The summed E-state index contributed by atoms with van der Waals surface area (Å²) in [7, 11) is 0. The molecule has 76 valence electrons. The molecule has 0 aliphatic carbocycles. The molecule has 0 amide bonds. The molecule has 2 N–H and O–H groups in total. The summed E-state index contributed by atoms with van der Waals surface area (Å²) in [5.74, 6) is 0.495. The minimum atomic E-state index is 0.339. The molecule has 0 unspecified atom stereocenters. The Hall–Kier alpha value is -0.570. The smallest absolute Gasteiger partial charge is 0.144 e. The molecule has 5 heteroatoms. The Morgan fingerprint density at radius 2 is 1.93 bits per heavy atom. The van der Waals surface area contributed by atoms with Crippen LogP contribution < -0.4 is 10.5 Å². The Morgan fingerprint density at radius 1 is 1.29 bits per heavy atom. The highest BCUT2D eigenvalue weighted by Crippen LogP contribution is 2.32. The molecular formula is C9H8Cl3NO. The van der Waals surface area contributed by atoms with E-state index in [1.54, 1.807) is 18.2 Å². The molecule has 0 aromatic heterocycles. The van der Waals surface area contributed by atoms with Gasteiger partial charge in [0.15, 0.2) is 0 Å². The summed E-state index contributed by atoms with van der Waals surface area (Å²) in [6.45, 7) is 0.339. The fourth-order valence-corrected chi connectivity index (χ4v) is 1.24. The highest BCUT2D eigenvalue weighted by molar-refractivity contribution is 6.42. The van der Waals surface area contributed by atoms with Crippen LogP contribution in [0.5, 0.6) is 5.75 Å². The Labute approximate surface area is 97.2 Å². The first-order valence-corrected chi connectivity index (χ1v) is 4.97. The third kappa shape index (κ3) is 2.98. The van der Waals surface area contributed by atoms with E-state index in [0.717, 1.165) is 0 Å². The van der Waals surface area contributed by atoms with E-state index in [4.69, 9.17) is 45.3 Å². The van der Waals surface area contributed by atoms with Crippen LogP contribution in [0.25, 0.3) is 0 Å². The van der Waals surface area contributed by atoms with Crippen LogP contribution in [0, 0.1) is 0 Å². The summed E-state index contributed by atoms with van der Waals surface area (Å²) in [6, 6.07) is 3.12. The van der Waals surface area contributed by atoms with Crippen molar-refractivity contribution in [1.29, 1.82) is 0 Å². The van der Waals surface area contributed by atoms with Crippen molar-refractivity contribution in [3.05, 3.63) is 33.8 Å². The SMILES string of the molecule is Nc1cc(Cl)c(Cl)cc1OC/C=C/Cl. The number of ether oxygens (including phenoxy) is 1. The number of hydrogen-bond acceptors (Lipinski definition) is 2. The van der Waals surface area contributed by atoms with E-state index >= 15 is 0 Å². The minimum absolute atomic E-state index is 0.339. The van der Waals surface area contributed by atoms with Crippen molar-refractivity contribution in [2.45, 2.75) is 0 Å². The van der Waals surface area contributed by atoms with Gasteiger partial charge in [-0.15, -0.1) is 0 Å². The molecule has 2 nitrogen and oxygen atoms in total. The number of benzene rings is 1. The van der Waals surface area contributed by atoms with Crippen LogP contribution in [0.3, 0.4) is 0 Å². The van der Waals surface area contributed by atoms with E-state index < -0.39 is 0 Å². The molecule has 0 radical (unpaired) electrons. The second-order valence-electron chi connectivity index (χ2n) is 2.48. The van der Waals surface area contributed by atoms with Gasteiger partial charge in [0.25, 0.3) is 0 Å². The lowest BCUT2D eigenvalue weighted by molar-refractivity contribution is 0.365. The van der Waals surface area contributed by atoms with Gasteiger partial charge in [-0.05, 0) is 12.1 Å². The molecule has 0 aliphatic rings. The van der Waals surface area contributed by atoms with Gasteiger partial charge in [-0.2, -0.15) is 0 Å². The number of nitrogens with two attached hydrogens (primary N) is 1. The molecule has 0 saturated heterocycles. The van der Waals surface area contributed by atoms with Crippen LogP contribution in [-0.2, 0) is 0 Å². The zero-order chi connectivity index (χ0) is 10.6. The van der Waals surface area contributed by atoms with Crippen molar-refractivity contribution < 1.29 is 4.74 Å². The van der Waals surface area contributed by atoms with Crippen LogP contribution in [0.4, 0.5) is 5.69 Å². The van der Waals surface area contributed by atoms with E-state index in [1.165, 1.54) is 5.54 Å². The maximum absolute atomic E-state index is 5.79. The lowest BCUT2D eigenvalue weighted by Crippen LogP contribution is -1.97. The number of hydrogen-bond donors (Lipinski definition) is 1. The average Bonchev–Trinajstić information content (AvgIpc) is 2.14. The summed E-state index contributed by atoms with van der Waals surface area (Å²) in [4.78, 5) is 0. The zero-order valence-corrected chi connectivity index (χ0v) is 9.40. The van der Waals surface area contributed by atoms with Gasteiger partial charge in [0.1, 0.15) is 12.4 Å². The Balaban J connectivity index is 2.81. The predicted molar refractivity (Wildman–Crippen MR) is 61.4 cm³/mol. The maximum Gasteiger partial charge on any atom is 0.144 e. The first-order valence-electron chi connectivity index (χ1n) is 3.77. The Kier molecular flexibility index (Phi) is 4.39. The van der Waals surface area contributed by atoms with Crippen LogP contribution in [-0.4, -0.2) is 6.61 Å². The highest BCUT2D eigenvalue weighted by Gasteiger charge is 2.05. The fraction of sp³-hybridized carbons (Fsp3) is 0.111. The third-order valence-corrected chi connectivity index (χ3v) is 2.38. The molecule has 1 aromatic carbocycles. The highest BCUT2D eigenvalue weighted by atomic mass is 35.5. The number of halogens is 3. The monoisotopic (exact) mass is 251 g/mol. The normalized spacial score (nSPS) is 10.8. The van der Waals surface area contributed by atoms with E-state index in [-0.39, 0.29) is 0 Å². The van der Waals surface area contributed by atoms with Crippen molar-refractivity contribution in [2.24, 2.45) is 0 Å². The molecule has 1 aromatic rings. The summed E-state index contributed by atoms with van der Waals surface area (Å²) in [5.41, 5.74) is 7.46. The second kappa shape index (κ2) is 5.35. The molecule has 14 heavy (non-hydrogen) atoms. The van der Waals surface area contributed by atoms with E-state index in [0.29, 0.717) is 28.1 Å². The van der Waals surface area contributed by atoms with Crippen molar-refractivity contribution in [3.63, 3.8) is 0 Å². The summed E-state index contributed by atoms with van der Waals surface area (Å²) < 4.78 is 5.27. The molecule has 0 bridgehead atoms. The van der Waals surface area contributed by atoms with Crippen molar-refractivity contribution in [3.8, 4) is 5.75 Å². The van der Waals surface area contributed by atoms with Gasteiger partial charge in [0, 0.05) is 11.6 Å². The number of nitrogen functional groups attached to an aromatic ring is 1. The van der Waals surface area contributed by atoms with Gasteiger partial charge in [-0.25, -0.2) is 0 Å². The van der Waals surface area contributed by atoms with E-state index in [9.17, 15) is 0 Å². The number of anilines is 1. The third-order valence-electron chi connectivity index (χ3n) is 1.48. The van der Waals surface area contributed by atoms with Crippen molar-refractivity contribution >= 4 is 40.5 Å². The van der Waals surface area contributed by atoms with Gasteiger partial charge in [0.2, 0.25) is 0 Å². The largest absolute Gasteiger partial charge is 0.487 e. The Morgan fingerprint density at radius 3 is 2.57 bits per heavy atom. The quantitative estimate of drug-likeness (QED) is 0.833. The van der Waals surface area contributed by atoms with Gasteiger partial charge in [-0.3, -0.25) is 0 Å². The maximum atomic E-state index is 5.79. The summed E-state index contributed by atoms with van der Waals surface area (Å²) in [6.07, 6.45) is 1.64. The van der Waals surface area contributed by atoms with Gasteiger partial charge >= 0.3 is 0 Å². The molecule has 0 atom stereocenters. The van der Waals surface area contributed by atoms with Crippen LogP contribution in [0.15, 0.2) is 23.7 Å². The fourth-order valence-electron chi connectivity index (χ4n) is 0.843. The van der Waals surface area contributed by atoms with Gasteiger partial charge in [-0.1, -0.05) is 34.8 Å². The van der Waals surface area contributed by atoms with Crippen molar-refractivity contribution in [1.82, 2.24) is 0 Å². The summed E-state index contributed by atoms with van der Waals surface area (Å²) >= 11 is 16.9. The molecule has 1 rings (SSSR count). The van der Waals surface area contributed by atoms with Crippen LogP contribution in [0.1, 0.15) is 0 Å². The van der Waals surface area contributed by atoms with Crippen LogP contribution in [0.2, 0.25) is 10.0 Å². The van der Waals surface area contributed by atoms with E-state index in [1.807, 2.05) is 0 Å². The lowest BCUT2D eigenvalue weighted by Gasteiger charge is -2.07. The lowest BCUT2D eigenvalue weighted by atomic mass is 10.3. The van der Waals surface area contributed by atoms with Gasteiger partial charge < -0.3 is 10.5 Å². The number of rotatable bonds is 3. The Bertz CT molecular complexity index is 352. The first kappa shape index (κ1) is 11.5. The zero-order valence-electron chi connectivity index (χ0n) is 7.14. The minimum Gasteiger partial charge on any atom is -0.487 e. The molecule has 0 fully saturated rings. The van der Waals surface area contributed by atoms with Crippen LogP contribution >= 0.6 is 34.8 Å². The summed E-state index contributed by atoms with van der Waals surface area (Å²) in [5, 5.41) is 0.815. The second-order valence-corrected chi connectivity index (χ2v) is 3.54. The topological polar surface area (TPSA) is 35.2 Å². The molecule has 0 aliphatic heterocycles. The molecular weight excluding hydrogens is 244 g/mol. The van der Waals surface area contributed by atoms with Gasteiger partial charge in [0.05, 0.1) is 15.7 Å². The van der Waals surface area contributed by atoms with E-state index in [2.05, 4.69) is 0 Å². The van der Waals surface area contributed by atoms with Crippen molar-refractivity contribution in [2.75, 3.05) is 12.3 Å². The molecule has 0 saturated carbocycles.